The van der Waals surface area contributed by atoms with Crippen molar-refractivity contribution in [2.75, 3.05) is 17.6 Å². The van der Waals surface area contributed by atoms with E-state index < -0.39 is 0 Å². The summed E-state index contributed by atoms with van der Waals surface area (Å²) < 4.78 is 0. The zero-order valence-corrected chi connectivity index (χ0v) is 10.4. The quantitative estimate of drug-likeness (QED) is 0.767. The van der Waals surface area contributed by atoms with Crippen LogP contribution in [0.25, 0.3) is 0 Å². The highest BCUT2D eigenvalue weighted by atomic mass is 35.5. The molecule has 3 N–H and O–H groups in total. The molecule has 0 aliphatic heterocycles. The number of rotatable bonds is 4. The molecule has 0 radical (unpaired) electrons. The predicted octanol–water partition coefficient (Wildman–Crippen LogP) is 3.77. The molecular formula is C12H19ClN2. The molecule has 84 valence electrons. The summed E-state index contributed by atoms with van der Waals surface area (Å²) in [6.07, 6.45) is 1.13. The summed E-state index contributed by atoms with van der Waals surface area (Å²) in [6.45, 7) is 7.56. The van der Waals surface area contributed by atoms with E-state index in [1.807, 2.05) is 12.1 Å². The van der Waals surface area contributed by atoms with E-state index in [0.29, 0.717) is 10.7 Å². The van der Waals surface area contributed by atoms with Crippen LogP contribution in [0.3, 0.4) is 0 Å². The van der Waals surface area contributed by atoms with Crippen molar-refractivity contribution in [3.63, 3.8) is 0 Å². The average molecular weight is 227 g/mol. The molecule has 0 aliphatic carbocycles. The van der Waals surface area contributed by atoms with E-state index in [-0.39, 0.29) is 5.41 Å². The molecule has 0 bridgehead atoms. The number of halogens is 1. The van der Waals surface area contributed by atoms with Gasteiger partial charge in [-0.25, -0.2) is 0 Å². The number of benzene rings is 1. The van der Waals surface area contributed by atoms with Crippen molar-refractivity contribution in [2.24, 2.45) is 5.41 Å². The number of hydrogen-bond donors (Lipinski definition) is 2. The molecule has 0 aliphatic rings. The van der Waals surface area contributed by atoms with Crippen LogP contribution in [0.15, 0.2) is 18.2 Å². The van der Waals surface area contributed by atoms with Crippen LogP contribution in [0.4, 0.5) is 11.4 Å². The van der Waals surface area contributed by atoms with Crippen molar-refractivity contribution in [2.45, 2.75) is 27.2 Å². The molecule has 0 atom stereocenters. The fourth-order valence-electron chi connectivity index (χ4n) is 1.15. The second-order valence-electron chi connectivity index (χ2n) is 4.60. The Hall–Kier alpha value is -0.890. The lowest BCUT2D eigenvalue weighted by Crippen LogP contribution is -2.22. The molecule has 0 unspecified atom stereocenters. The normalized spacial score (nSPS) is 11.5. The van der Waals surface area contributed by atoms with Crippen LogP contribution in [0.5, 0.6) is 0 Å². The van der Waals surface area contributed by atoms with Gasteiger partial charge in [-0.15, -0.1) is 0 Å². The molecule has 0 spiro atoms. The van der Waals surface area contributed by atoms with Crippen LogP contribution >= 0.6 is 11.6 Å². The summed E-state index contributed by atoms with van der Waals surface area (Å²) in [5.41, 5.74) is 7.79. The molecule has 1 rings (SSSR count). The van der Waals surface area contributed by atoms with Crippen molar-refractivity contribution in [3.05, 3.63) is 23.2 Å². The third-order valence-corrected chi connectivity index (χ3v) is 2.96. The van der Waals surface area contributed by atoms with Gasteiger partial charge in [0.1, 0.15) is 0 Å². The molecule has 2 nitrogen and oxygen atoms in total. The van der Waals surface area contributed by atoms with E-state index in [4.69, 9.17) is 17.3 Å². The van der Waals surface area contributed by atoms with Crippen LogP contribution in [0, 0.1) is 5.41 Å². The monoisotopic (exact) mass is 226 g/mol. The Balaban J connectivity index is 2.66. The van der Waals surface area contributed by atoms with Crippen LogP contribution in [-0.2, 0) is 0 Å². The smallest absolute Gasteiger partial charge is 0.0575 e. The average Bonchev–Trinajstić information content (AvgIpc) is 2.16. The maximum absolute atomic E-state index is 5.85. The predicted molar refractivity (Wildman–Crippen MR) is 68.4 cm³/mol. The van der Waals surface area contributed by atoms with Crippen molar-refractivity contribution in [1.82, 2.24) is 0 Å². The summed E-state index contributed by atoms with van der Waals surface area (Å²) in [5, 5.41) is 4.02. The van der Waals surface area contributed by atoms with Gasteiger partial charge < -0.3 is 11.1 Å². The SMILES string of the molecule is CCC(C)(C)CNc1ccc(Cl)cc1N. The number of nitrogen functional groups attached to an aromatic ring is 1. The lowest BCUT2D eigenvalue weighted by atomic mass is 9.90. The third kappa shape index (κ3) is 3.63. The van der Waals surface area contributed by atoms with E-state index in [1.165, 1.54) is 0 Å². The summed E-state index contributed by atoms with van der Waals surface area (Å²) in [6, 6.07) is 5.53. The Labute approximate surface area is 96.8 Å². The molecular weight excluding hydrogens is 208 g/mol. The number of anilines is 2. The summed E-state index contributed by atoms with van der Waals surface area (Å²) in [5.74, 6) is 0. The van der Waals surface area contributed by atoms with Crippen LogP contribution in [-0.4, -0.2) is 6.54 Å². The minimum Gasteiger partial charge on any atom is -0.397 e. The van der Waals surface area contributed by atoms with Gasteiger partial charge in [-0.05, 0) is 30.0 Å². The van der Waals surface area contributed by atoms with Gasteiger partial charge in [-0.2, -0.15) is 0 Å². The van der Waals surface area contributed by atoms with Crippen molar-refractivity contribution in [1.29, 1.82) is 0 Å². The summed E-state index contributed by atoms with van der Waals surface area (Å²) >= 11 is 5.83. The zero-order chi connectivity index (χ0) is 11.5. The highest BCUT2D eigenvalue weighted by Crippen LogP contribution is 2.25. The molecule has 0 heterocycles. The van der Waals surface area contributed by atoms with Crippen LogP contribution in [0.2, 0.25) is 5.02 Å². The van der Waals surface area contributed by atoms with Gasteiger partial charge in [-0.3, -0.25) is 0 Å². The molecule has 3 heteroatoms. The topological polar surface area (TPSA) is 38.0 Å². The molecule has 0 saturated heterocycles. The van der Waals surface area contributed by atoms with E-state index in [2.05, 4.69) is 26.1 Å². The second kappa shape index (κ2) is 4.75. The first-order valence-corrected chi connectivity index (χ1v) is 5.61. The number of nitrogens with one attached hydrogen (secondary N) is 1. The largest absolute Gasteiger partial charge is 0.397 e. The van der Waals surface area contributed by atoms with E-state index in [9.17, 15) is 0 Å². The molecule has 0 saturated carbocycles. The molecule has 15 heavy (non-hydrogen) atoms. The summed E-state index contributed by atoms with van der Waals surface area (Å²) in [4.78, 5) is 0. The van der Waals surface area contributed by atoms with Gasteiger partial charge in [0.15, 0.2) is 0 Å². The highest BCUT2D eigenvalue weighted by molar-refractivity contribution is 6.31. The standard InChI is InChI=1S/C12H19ClN2/c1-4-12(2,3)8-15-11-6-5-9(13)7-10(11)14/h5-7,15H,4,8,14H2,1-3H3. The zero-order valence-electron chi connectivity index (χ0n) is 9.60. The lowest BCUT2D eigenvalue weighted by Gasteiger charge is -2.24. The molecule has 0 amide bonds. The van der Waals surface area contributed by atoms with Gasteiger partial charge in [0.2, 0.25) is 0 Å². The Morgan fingerprint density at radius 1 is 1.40 bits per heavy atom. The maximum Gasteiger partial charge on any atom is 0.0575 e. The Bertz CT molecular complexity index is 334. The van der Waals surface area contributed by atoms with Gasteiger partial charge >= 0.3 is 0 Å². The maximum atomic E-state index is 5.85. The first kappa shape index (κ1) is 12.2. The van der Waals surface area contributed by atoms with Crippen LogP contribution in [0.1, 0.15) is 27.2 Å². The Morgan fingerprint density at radius 2 is 2.07 bits per heavy atom. The van der Waals surface area contributed by atoms with E-state index in [0.717, 1.165) is 18.7 Å². The fourth-order valence-corrected chi connectivity index (χ4v) is 1.33. The van der Waals surface area contributed by atoms with Crippen molar-refractivity contribution >= 4 is 23.0 Å². The Morgan fingerprint density at radius 3 is 2.60 bits per heavy atom. The van der Waals surface area contributed by atoms with E-state index >= 15 is 0 Å². The Kier molecular flexibility index (Phi) is 3.86. The van der Waals surface area contributed by atoms with Crippen molar-refractivity contribution in [3.8, 4) is 0 Å². The number of hydrogen-bond acceptors (Lipinski definition) is 2. The second-order valence-corrected chi connectivity index (χ2v) is 5.04. The van der Waals surface area contributed by atoms with Gasteiger partial charge in [0, 0.05) is 11.6 Å². The van der Waals surface area contributed by atoms with Crippen molar-refractivity contribution < 1.29 is 0 Å². The van der Waals surface area contributed by atoms with Crippen LogP contribution < -0.4 is 11.1 Å². The fraction of sp³-hybridized carbons (Fsp3) is 0.500. The summed E-state index contributed by atoms with van der Waals surface area (Å²) in [7, 11) is 0. The van der Waals surface area contributed by atoms with Gasteiger partial charge in [0.25, 0.3) is 0 Å². The first-order valence-electron chi connectivity index (χ1n) is 5.23. The minimum atomic E-state index is 0.284. The number of nitrogens with two attached hydrogens (primary N) is 1. The molecule has 1 aromatic rings. The first-order chi connectivity index (χ1) is 6.94. The third-order valence-electron chi connectivity index (χ3n) is 2.73. The minimum absolute atomic E-state index is 0.284. The van der Waals surface area contributed by atoms with E-state index in [1.54, 1.807) is 6.07 Å². The van der Waals surface area contributed by atoms with Gasteiger partial charge in [-0.1, -0.05) is 32.4 Å². The van der Waals surface area contributed by atoms with Gasteiger partial charge in [0.05, 0.1) is 11.4 Å². The molecule has 0 fully saturated rings. The molecule has 0 aromatic heterocycles. The highest BCUT2D eigenvalue weighted by Gasteiger charge is 2.14. The lowest BCUT2D eigenvalue weighted by molar-refractivity contribution is 0.377. The molecule has 1 aromatic carbocycles.